The van der Waals surface area contributed by atoms with Crippen LogP contribution in [0.5, 0.6) is 0 Å². The van der Waals surface area contributed by atoms with E-state index in [4.69, 9.17) is 9.84 Å². The molecule has 0 atom stereocenters. The smallest absolute Gasteiger partial charge is 0.336 e. The summed E-state index contributed by atoms with van der Waals surface area (Å²) in [5, 5.41) is 20.4. The molecule has 20 heavy (non-hydrogen) atoms. The minimum absolute atomic E-state index is 0.0266. The van der Waals surface area contributed by atoms with Gasteiger partial charge in [-0.3, -0.25) is 4.79 Å². The van der Waals surface area contributed by atoms with Crippen LogP contribution >= 0.6 is 0 Å². The molecule has 6 heteroatoms. The van der Waals surface area contributed by atoms with Gasteiger partial charge in [-0.05, 0) is 25.0 Å². The normalized spacial score (nSPS) is 10.3. The van der Waals surface area contributed by atoms with E-state index in [1.807, 2.05) is 0 Å². The lowest BCUT2D eigenvalue weighted by atomic mass is 9.96. The van der Waals surface area contributed by atoms with E-state index in [2.05, 4.69) is 5.32 Å². The number of carbonyl (C=O) groups excluding carboxylic acids is 1. The summed E-state index contributed by atoms with van der Waals surface area (Å²) >= 11 is 0. The molecule has 0 unspecified atom stereocenters. The highest BCUT2D eigenvalue weighted by atomic mass is 16.5. The Kier molecular flexibility index (Phi) is 6.14. The van der Waals surface area contributed by atoms with Gasteiger partial charge in [0.1, 0.15) is 0 Å². The average Bonchev–Trinajstić information content (AvgIpc) is 2.40. The Balaban J connectivity index is 2.82. The quantitative estimate of drug-likeness (QED) is 0.641. The number of carboxylic acid groups (broad SMARTS) is 1. The summed E-state index contributed by atoms with van der Waals surface area (Å²) in [7, 11) is 0. The van der Waals surface area contributed by atoms with Crippen LogP contribution in [0.25, 0.3) is 0 Å². The van der Waals surface area contributed by atoms with Crippen molar-refractivity contribution >= 4 is 11.9 Å². The molecule has 0 aliphatic rings. The molecule has 110 valence electrons. The lowest BCUT2D eigenvalue weighted by molar-refractivity contribution is 0.0688. The van der Waals surface area contributed by atoms with Crippen LogP contribution in [0.15, 0.2) is 12.1 Å². The number of nitrogens with one attached hydrogen (secondary N) is 1. The summed E-state index contributed by atoms with van der Waals surface area (Å²) in [5.74, 6) is -1.55. The van der Waals surface area contributed by atoms with Crippen LogP contribution in [0, 0.1) is 13.8 Å². The molecule has 3 N–H and O–H groups in total. The summed E-state index contributed by atoms with van der Waals surface area (Å²) in [6.45, 7) is 4.01. The number of aromatic carboxylic acids is 1. The topological polar surface area (TPSA) is 95.9 Å². The number of hydrogen-bond donors (Lipinski definition) is 3. The molecular formula is C14H19NO5. The largest absolute Gasteiger partial charge is 0.478 e. The third-order valence-corrected chi connectivity index (χ3v) is 2.83. The number of aliphatic hydroxyl groups excluding tert-OH is 1. The number of carbonyl (C=O) groups is 2. The molecule has 0 saturated heterocycles. The van der Waals surface area contributed by atoms with E-state index in [1.54, 1.807) is 26.0 Å². The van der Waals surface area contributed by atoms with Crippen LogP contribution in [0.3, 0.4) is 0 Å². The Hall–Kier alpha value is -1.92. The fourth-order valence-corrected chi connectivity index (χ4v) is 1.87. The Labute approximate surface area is 117 Å². The summed E-state index contributed by atoms with van der Waals surface area (Å²) in [5.41, 5.74) is 1.37. The van der Waals surface area contributed by atoms with Crippen LogP contribution in [-0.4, -0.2) is 48.5 Å². The SMILES string of the molecule is Cc1ccc(C)c(C(=O)NCCOCCO)c1C(=O)O. The van der Waals surface area contributed by atoms with Crippen LogP contribution in [0.2, 0.25) is 0 Å². The van der Waals surface area contributed by atoms with Gasteiger partial charge in [-0.1, -0.05) is 12.1 Å². The van der Waals surface area contributed by atoms with Crippen molar-refractivity contribution in [2.75, 3.05) is 26.4 Å². The number of hydrogen-bond acceptors (Lipinski definition) is 4. The molecule has 1 aromatic rings. The van der Waals surface area contributed by atoms with E-state index in [1.165, 1.54) is 0 Å². The molecule has 1 aromatic carbocycles. The molecule has 0 spiro atoms. The van der Waals surface area contributed by atoms with Gasteiger partial charge in [-0.2, -0.15) is 0 Å². The highest BCUT2D eigenvalue weighted by Crippen LogP contribution is 2.18. The van der Waals surface area contributed by atoms with Gasteiger partial charge in [0, 0.05) is 6.54 Å². The molecule has 0 aliphatic carbocycles. The second-order valence-corrected chi connectivity index (χ2v) is 4.35. The molecule has 0 aromatic heterocycles. The molecule has 1 rings (SSSR count). The minimum Gasteiger partial charge on any atom is -0.478 e. The molecule has 0 fully saturated rings. The van der Waals surface area contributed by atoms with Crippen LogP contribution in [0.4, 0.5) is 0 Å². The third-order valence-electron chi connectivity index (χ3n) is 2.83. The molecule has 0 saturated carbocycles. The number of amides is 1. The van der Waals surface area contributed by atoms with Crippen molar-refractivity contribution in [3.63, 3.8) is 0 Å². The standard InChI is InChI=1S/C14H19NO5/c1-9-3-4-10(2)12(14(18)19)11(9)13(17)15-5-7-20-8-6-16/h3-4,16H,5-8H2,1-2H3,(H,15,17)(H,18,19). The van der Waals surface area contributed by atoms with Crippen LogP contribution in [0.1, 0.15) is 31.8 Å². The van der Waals surface area contributed by atoms with Gasteiger partial charge in [-0.25, -0.2) is 4.79 Å². The molecule has 0 aliphatic heterocycles. The van der Waals surface area contributed by atoms with E-state index in [0.717, 1.165) is 0 Å². The first-order valence-corrected chi connectivity index (χ1v) is 6.29. The Morgan fingerprint density at radius 3 is 2.30 bits per heavy atom. The lowest BCUT2D eigenvalue weighted by Crippen LogP contribution is -2.30. The highest BCUT2D eigenvalue weighted by Gasteiger charge is 2.20. The van der Waals surface area contributed by atoms with Crippen molar-refractivity contribution in [3.8, 4) is 0 Å². The number of benzene rings is 1. The molecule has 0 bridgehead atoms. The van der Waals surface area contributed by atoms with E-state index < -0.39 is 11.9 Å². The number of carboxylic acids is 1. The van der Waals surface area contributed by atoms with Crippen molar-refractivity contribution in [2.24, 2.45) is 0 Å². The Bertz CT molecular complexity index is 499. The third kappa shape index (κ3) is 4.04. The van der Waals surface area contributed by atoms with Crippen molar-refractivity contribution in [1.29, 1.82) is 0 Å². The minimum atomic E-state index is -1.12. The number of ether oxygens (including phenoxy) is 1. The van der Waals surface area contributed by atoms with Gasteiger partial charge in [0.25, 0.3) is 5.91 Å². The molecule has 1 amide bonds. The van der Waals surface area contributed by atoms with Gasteiger partial charge in [0.05, 0.1) is 30.9 Å². The number of aliphatic hydroxyl groups is 1. The summed E-state index contributed by atoms with van der Waals surface area (Å²) in [6.07, 6.45) is 0. The van der Waals surface area contributed by atoms with E-state index in [9.17, 15) is 14.7 Å². The predicted molar refractivity (Wildman–Crippen MR) is 73.1 cm³/mol. The van der Waals surface area contributed by atoms with Crippen molar-refractivity contribution < 1.29 is 24.5 Å². The first-order chi connectivity index (χ1) is 9.49. The zero-order chi connectivity index (χ0) is 15.1. The summed E-state index contributed by atoms with van der Waals surface area (Å²) in [4.78, 5) is 23.4. The maximum atomic E-state index is 12.1. The fraction of sp³-hybridized carbons (Fsp3) is 0.429. The molecule has 0 heterocycles. The lowest BCUT2D eigenvalue weighted by Gasteiger charge is -2.12. The van der Waals surface area contributed by atoms with Gasteiger partial charge in [0.2, 0.25) is 0 Å². The zero-order valence-corrected chi connectivity index (χ0v) is 11.6. The monoisotopic (exact) mass is 281 g/mol. The van der Waals surface area contributed by atoms with Gasteiger partial charge < -0.3 is 20.3 Å². The van der Waals surface area contributed by atoms with Crippen LogP contribution < -0.4 is 5.32 Å². The van der Waals surface area contributed by atoms with Gasteiger partial charge in [0.15, 0.2) is 0 Å². The van der Waals surface area contributed by atoms with Crippen molar-refractivity contribution in [2.45, 2.75) is 13.8 Å². The first kappa shape index (κ1) is 16.1. The summed E-state index contributed by atoms with van der Waals surface area (Å²) in [6, 6.07) is 3.40. The molecule has 0 radical (unpaired) electrons. The van der Waals surface area contributed by atoms with Gasteiger partial charge >= 0.3 is 5.97 Å². The average molecular weight is 281 g/mol. The maximum absolute atomic E-state index is 12.1. The van der Waals surface area contributed by atoms with E-state index >= 15 is 0 Å². The molecule has 6 nitrogen and oxygen atoms in total. The maximum Gasteiger partial charge on any atom is 0.336 e. The van der Waals surface area contributed by atoms with Gasteiger partial charge in [-0.15, -0.1) is 0 Å². The van der Waals surface area contributed by atoms with Crippen LogP contribution in [-0.2, 0) is 4.74 Å². The fourth-order valence-electron chi connectivity index (χ4n) is 1.87. The van der Waals surface area contributed by atoms with Crippen molar-refractivity contribution in [1.82, 2.24) is 5.32 Å². The first-order valence-electron chi connectivity index (χ1n) is 6.29. The Morgan fingerprint density at radius 1 is 1.15 bits per heavy atom. The van der Waals surface area contributed by atoms with E-state index in [0.29, 0.717) is 11.1 Å². The van der Waals surface area contributed by atoms with Crippen molar-refractivity contribution in [3.05, 3.63) is 34.4 Å². The second-order valence-electron chi connectivity index (χ2n) is 4.35. The predicted octanol–water partition coefficient (Wildman–Crippen LogP) is 0.740. The summed E-state index contributed by atoms with van der Waals surface area (Å²) < 4.78 is 5.02. The second kappa shape index (κ2) is 7.62. The highest BCUT2D eigenvalue weighted by molar-refractivity contribution is 6.06. The van der Waals surface area contributed by atoms with E-state index in [-0.39, 0.29) is 37.5 Å². The molecular weight excluding hydrogens is 262 g/mol. The zero-order valence-electron chi connectivity index (χ0n) is 11.6. The Morgan fingerprint density at radius 2 is 1.75 bits per heavy atom. The number of aryl methyl sites for hydroxylation is 2. The number of rotatable bonds is 7.